The quantitative estimate of drug-likeness (QED) is 0.196. The minimum atomic E-state index is -1.83. The summed E-state index contributed by atoms with van der Waals surface area (Å²) in [6, 6.07) is 20.3. The van der Waals surface area contributed by atoms with E-state index in [-0.39, 0.29) is 36.7 Å². The number of phenols is 1. The maximum atomic E-state index is 12.6. The summed E-state index contributed by atoms with van der Waals surface area (Å²) < 4.78 is 0. The molecule has 10 heteroatoms. The molecule has 0 saturated carbocycles. The van der Waals surface area contributed by atoms with Crippen molar-refractivity contribution in [3.8, 4) is 5.75 Å². The zero-order valence-corrected chi connectivity index (χ0v) is 20.1. The van der Waals surface area contributed by atoms with E-state index in [1.165, 1.54) is 30.3 Å². The Kier molecular flexibility index (Phi) is 10.0. The van der Waals surface area contributed by atoms with Crippen molar-refractivity contribution < 1.29 is 29.7 Å². The van der Waals surface area contributed by atoms with Crippen molar-refractivity contribution in [3.63, 3.8) is 0 Å². The van der Waals surface area contributed by atoms with E-state index >= 15 is 0 Å². The number of aliphatic hydroxyl groups excluding tert-OH is 1. The summed E-state index contributed by atoms with van der Waals surface area (Å²) in [6.07, 6.45) is -1.75. The van der Waals surface area contributed by atoms with Gasteiger partial charge in [-0.25, -0.2) is 4.79 Å². The molecule has 0 spiro atoms. The van der Waals surface area contributed by atoms with E-state index in [1.54, 1.807) is 18.2 Å². The van der Waals surface area contributed by atoms with Gasteiger partial charge in [-0.1, -0.05) is 42.5 Å². The highest BCUT2D eigenvalue weighted by atomic mass is 16.5. The first-order valence-corrected chi connectivity index (χ1v) is 11.7. The number of rotatable bonds is 11. The molecule has 194 valence electrons. The normalized spacial score (nSPS) is 11.4. The molecular formula is C27H30N4O6. The number of hydrogen-bond donors (Lipinski definition) is 7. The maximum Gasteiger partial charge on any atom is 0.315 e. The molecular weight excluding hydrogens is 476 g/mol. The van der Waals surface area contributed by atoms with Gasteiger partial charge in [-0.2, -0.15) is 0 Å². The van der Waals surface area contributed by atoms with Gasteiger partial charge in [0.15, 0.2) is 6.29 Å². The summed E-state index contributed by atoms with van der Waals surface area (Å²) in [7, 11) is 0. The summed E-state index contributed by atoms with van der Waals surface area (Å²) in [6.45, 7) is 0.671. The molecule has 1 unspecified atom stereocenters. The molecule has 0 radical (unpaired) electrons. The second-order valence-corrected chi connectivity index (χ2v) is 8.31. The van der Waals surface area contributed by atoms with Crippen molar-refractivity contribution in [1.29, 1.82) is 0 Å². The first-order valence-electron chi connectivity index (χ1n) is 11.7. The molecule has 10 nitrogen and oxygen atoms in total. The van der Waals surface area contributed by atoms with E-state index in [9.17, 15) is 29.7 Å². The van der Waals surface area contributed by atoms with Crippen LogP contribution in [0.4, 0.5) is 4.79 Å². The predicted octanol–water partition coefficient (Wildman–Crippen LogP) is 1.62. The molecule has 3 rings (SSSR count). The lowest BCUT2D eigenvalue weighted by Crippen LogP contribution is -2.46. The number of carbonyl (C=O) groups is 3. The number of urea groups is 1. The molecule has 3 aromatic carbocycles. The topological polar surface area (TPSA) is 160 Å². The minimum Gasteiger partial charge on any atom is -0.508 e. The molecule has 0 aliphatic rings. The van der Waals surface area contributed by atoms with Crippen LogP contribution < -0.4 is 21.3 Å². The highest BCUT2D eigenvalue weighted by Crippen LogP contribution is 2.11. The van der Waals surface area contributed by atoms with Gasteiger partial charge in [0.05, 0.1) is 6.04 Å². The van der Waals surface area contributed by atoms with Crippen molar-refractivity contribution in [1.82, 2.24) is 21.3 Å². The third kappa shape index (κ3) is 8.95. The van der Waals surface area contributed by atoms with Gasteiger partial charge in [-0.15, -0.1) is 0 Å². The van der Waals surface area contributed by atoms with E-state index in [2.05, 4.69) is 21.3 Å². The molecule has 0 fully saturated rings. The highest BCUT2D eigenvalue weighted by Gasteiger charge is 2.20. The first kappa shape index (κ1) is 27.2. The number of benzene rings is 3. The van der Waals surface area contributed by atoms with Crippen LogP contribution in [-0.2, 0) is 13.1 Å². The summed E-state index contributed by atoms with van der Waals surface area (Å²) >= 11 is 0. The summed E-state index contributed by atoms with van der Waals surface area (Å²) in [5.41, 5.74) is 2.24. The zero-order chi connectivity index (χ0) is 26.6. The van der Waals surface area contributed by atoms with Crippen molar-refractivity contribution in [2.45, 2.75) is 31.8 Å². The number of nitrogens with one attached hydrogen (secondary N) is 4. The third-order valence-corrected chi connectivity index (χ3v) is 5.49. The Morgan fingerprint density at radius 1 is 0.703 bits per heavy atom. The van der Waals surface area contributed by atoms with E-state index in [0.29, 0.717) is 12.1 Å². The molecule has 37 heavy (non-hydrogen) atoms. The number of phenolic OH excluding ortho intramolecular Hbond substituents is 1. The molecule has 3 aromatic rings. The first-order chi connectivity index (χ1) is 17.8. The van der Waals surface area contributed by atoms with Gasteiger partial charge in [0.2, 0.25) is 0 Å². The molecule has 0 aliphatic heterocycles. The fourth-order valence-corrected chi connectivity index (χ4v) is 3.45. The van der Waals surface area contributed by atoms with E-state index in [4.69, 9.17) is 0 Å². The maximum absolute atomic E-state index is 12.6. The molecule has 0 aromatic heterocycles. The number of aromatic hydroxyl groups is 1. The molecule has 0 heterocycles. The molecule has 1 atom stereocenters. The Bertz CT molecular complexity index is 1190. The zero-order valence-electron chi connectivity index (χ0n) is 20.1. The lowest BCUT2D eigenvalue weighted by Gasteiger charge is -2.21. The largest absolute Gasteiger partial charge is 0.508 e. The van der Waals surface area contributed by atoms with Crippen LogP contribution in [0.25, 0.3) is 0 Å². The fourth-order valence-electron chi connectivity index (χ4n) is 3.45. The Balaban J connectivity index is 1.44. The molecule has 7 N–H and O–H groups in total. The van der Waals surface area contributed by atoms with Gasteiger partial charge in [0, 0.05) is 30.8 Å². The summed E-state index contributed by atoms with van der Waals surface area (Å²) in [4.78, 5) is 36.9. The lowest BCUT2D eigenvalue weighted by atomic mass is 10.1. The monoisotopic (exact) mass is 506 g/mol. The number of hydrogen-bond acceptors (Lipinski definition) is 6. The highest BCUT2D eigenvalue weighted by molar-refractivity contribution is 5.97. The number of carbonyl (C=O) groups excluding carboxylic acids is 3. The molecule has 0 aliphatic carbocycles. The second kappa shape index (κ2) is 13.6. The van der Waals surface area contributed by atoms with Crippen molar-refractivity contribution >= 4 is 17.8 Å². The van der Waals surface area contributed by atoms with Crippen molar-refractivity contribution in [3.05, 3.63) is 101 Å². The van der Waals surface area contributed by atoms with Gasteiger partial charge in [-0.05, 0) is 53.9 Å². The Morgan fingerprint density at radius 2 is 1.32 bits per heavy atom. The van der Waals surface area contributed by atoms with E-state index in [1.807, 2.05) is 30.3 Å². The Morgan fingerprint density at radius 3 is 1.97 bits per heavy atom. The smallest absolute Gasteiger partial charge is 0.315 e. The van der Waals surface area contributed by atoms with Gasteiger partial charge >= 0.3 is 6.03 Å². The molecule has 4 amide bonds. The van der Waals surface area contributed by atoms with Crippen LogP contribution in [0.2, 0.25) is 0 Å². The Labute approximate surface area is 214 Å². The van der Waals surface area contributed by atoms with Crippen LogP contribution in [0, 0.1) is 0 Å². The van der Waals surface area contributed by atoms with Gasteiger partial charge in [-0.3, -0.25) is 9.59 Å². The SMILES string of the molecule is O=C(NCCC(NC(=O)c1ccc(C(=O)NCc2cccc(O)c2)cc1)C(O)O)NCc1ccccc1. The standard InChI is InChI=1S/C27H30N4O6/c32-22-8-4-7-19(15-22)17-29-24(33)20-9-11-21(12-10-20)25(34)31-23(26(35)36)13-14-28-27(37)30-16-18-5-2-1-3-6-18/h1-12,15,23,26,32,35-36H,13-14,16-17H2,(H,29,33)(H,31,34)(H2,28,30,37). The predicted molar refractivity (Wildman–Crippen MR) is 136 cm³/mol. The van der Waals surface area contributed by atoms with Crippen molar-refractivity contribution in [2.75, 3.05) is 6.54 Å². The van der Waals surface area contributed by atoms with Gasteiger partial charge < -0.3 is 36.6 Å². The molecule has 0 bridgehead atoms. The average molecular weight is 507 g/mol. The van der Waals surface area contributed by atoms with Crippen LogP contribution in [-0.4, -0.2) is 52.0 Å². The summed E-state index contributed by atoms with van der Waals surface area (Å²) in [5, 5.41) is 39.4. The van der Waals surface area contributed by atoms with Crippen LogP contribution in [0.5, 0.6) is 5.75 Å². The lowest BCUT2D eigenvalue weighted by molar-refractivity contribution is -0.0663. The fraction of sp³-hybridized carbons (Fsp3) is 0.222. The van der Waals surface area contributed by atoms with Crippen LogP contribution in [0.3, 0.4) is 0 Å². The number of aliphatic hydroxyl groups is 2. The van der Waals surface area contributed by atoms with Crippen molar-refractivity contribution in [2.24, 2.45) is 0 Å². The molecule has 0 saturated heterocycles. The average Bonchev–Trinajstić information content (AvgIpc) is 2.90. The van der Waals surface area contributed by atoms with Crippen LogP contribution in [0.15, 0.2) is 78.9 Å². The van der Waals surface area contributed by atoms with Crippen LogP contribution >= 0.6 is 0 Å². The number of amides is 4. The van der Waals surface area contributed by atoms with E-state index in [0.717, 1.165) is 11.1 Å². The minimum absolute atomic E-state index is 0.0810. The van der Waals surface area contributed by atoms with Gasteiger partial charge in [0.1, 0.15) is 5.75 Å². The Hall–Kier alpha value is -4.41. The second-order valence-electron chi connectivity index (χ2n) is 8.31. The van der Waals surface area contributed by atoms with E-state index < -0.39 is 24.3 Å². The van der Waals surface area contributed by atoms with Gasteiger partial charge in [0.25, 0.3) is 11.8 Å². The van der Waals surface area contributed by atoms with Crippen LogP contribution in [0.1, 0.15) is 38.3 Å². The summed E-state index contributed by atoms with van der Waals surface area (Å²) in [5.74, 6) is -0.801. The third-order valence-electron chi connectivity index (χ3n) is 5.49.